The van der Waals surface area contributed by atoms with Gasteiger partial charge in [-0.25, -0.2) is 17.9 Å². The lowest BCUT2D eigenvalue weighted by Crippen LogP contribution is -2.49. The molecule has 0 bridgehead atoms. The van der Waals surface area contributed by atoms with Gasteiger partial charge >= 0.3 is 6.03 Å². The molecule has 2 aromatic rings. The molecule has 158 valence electrons. The van der Waals surface area contributed by atoms with Crippen molar-refractivity contribution in [2.24, 2.45) is 0 Å². The van der Waals surface area contributed by atoms with Gasteiger partial charge in [0.15, 0.2) is 0 Å². The van der Waals surface area contributed by atoms with Gasteiger partial charge in [-0.05, 0) is 48.9 Å². The van der Waals surface area contributed by atoms with E-state index in [0.29, 0.717) is 24.5 Å². The summed E-state index contributed by atoms with van der Waals surface area (Å²) in [4.78, 5) is 12.2. The van der Waals surface area contributed by atoms with Crippen LogP contribution >= 0.6 is 0 Å². The van der Waals surface area contributed by atoms with Gasteiger partial charge in [-0.1, -0.05) is 6.07 Å². The maximum atomic E-state index is 12.5. The molecule has 1 aromatic heterocycles. The lowest BCUT2D eigenvalue weighted by Gasteiger charge is -2.34. The van der Waals surface area contributed by atoms with Crippen LogP contribution in [-0.2, 0) is 14.8 Å². The Morgan fingerprint density at radius 3 is 2.66 bits per heavy atom. The van der Waals surface area contributed by atoms with Crippen molar-refractivity contribution < 1.29 is 17.9 Å². The molecule has 3 rings (SSSR count). The van der Waals surface area contributed by atoms with Gasteiger partial charge in [-0.2, -0.15) is 4.31 Å². The van der Waals surface area contributed by atoms with Crippen LogP contribution in [0, 0.1) is 6.92 Å². The van der Waals surface area contributed by atoms with Crippen molar-refractivity contribution in [3.05, 3.63) is 30.1 Å². The smallest absolute Gasteiger partial charge is 0.319 e. The van der Waals surface area contributed by atoms with E-state index < -0.39 is 16.1 Å². The van der Waals surface area contributed by atoms with Crippen LogP contribution in [0.3, 0.4) is 0 Å². The Kier molecular flexibility index (Phi) is 6.45. The van der Waals surface area contributed by atoms with E-state index in [0.717, 1.165) is 5.56 Å². The Bertz CT molecular complexity index is 939. The van der Waals surface area contributed by atoms with E-state index in [9.17, 15) is 13.2 Å². The zero-order chi connectivity index (χ0) is 21.0. The van der Waals surface area contributed by atoms with Crippen molar-refractivity contribution in [1.82, 2.24) is 29.8 Å². The Hall–Kier alpha value is -2.57. The number of carbonyl (C=O) groups is 1. The van der Waals surface area contributed by atoms with Crippen LogP contribution in [0.15, 0.2) is 24.5 Å². The average molecular weight is 423 g/mol. The molecule has 1 aliphatic heterocycles. The number of hydrogen-bond acceptors (Lipinski definition) is 7. The maximum absolute atomic E-state index is 12.5. The number of ether oxygens (including phenoxy) is 1. The van der Waals surface area contributed by atoms with Crippen LogP contribution in [0.4, 0.5) is 10.5 Å². The highest BCUT2D eigenvalue weighted by Crippen LogP contribution is 2.19. The summed E-state index contributed by atoms with van der Waals surface area (Å²) in [6, 6.07) is 4.91. The van der Waals surface area contributed by atoms with Crippen LogP contribution in [0.2, 0.25) is 0 Å². The summed E-state index contributed by atoms with van der Waals surface area (Å²) in [6.07, 6.45) is 1.15. The summed E-state index contributed by atoms with van der Waals surface area (Å²) in [5.41, 5.74) is 2.11. The molecule has 0 aliphatic carbocycles. The topological polar surface area (TPSA) is 131 Å². The summed E-state index contributed by atoms with van der Waals surface area (Å²) < 4.78 is 33.5. The van der Waals surface area contributed by atoms with Gasteiger partial charge in [-0.15, -0.1) is 5.10 Å². The summed E-state index contributed by atoms with van der Waals surface area (Å²) in [5, 5.41) is 16.3. The molecule has 1 aromatic carbocycles. The number of aromatic nitrogens is 4. The van der Waals surface area contributed by atoms with Crippen LogP contribution < -0.4 is 10.6 Å². The van der Waals surface area contributed by atoms with Crippen molar-refractivity contribution in [3.63, 3.8) is 0 Å². The van der Waals surface area contributed by atoms with Crippen molar-refractivity contribution in [2.45, 2.75) is 33.0 Å². The molecule has 0 unspecified atom stereocenters. The standard InChI is InChI=1S/C17H25N7O4S/c1-12-4-5-15(24-11-19-21-22-24)8-16(12)20-17(25)18-6-7-29(26,27)23-9-13(2)28-14(3)10-23/h4-5,8,11,13-14H,6-7,9-10H2,1-3H3,(H2,18,20,25)/t13-,14-/m1/s1. The molecule has 2 N–H and O–H groups in total. The maximum Gasteiger partial charge on any atom is 0.319 e. The number of urea groups is 1. The second kappa shape index (κ2) is 8.84. The molecule has 2 amide bonds. The molecule has 1 fully saturated rings. The van der Waals surface area contributed by atoms with E-state index in [1.54, 1.807) is 6.07 Å². The minimum absolute atomic E-state index is 0.0000200. The van der Waals surface area contributed by atoms with Crippen LogP contribution in [0.25, 0.3) is 5.69 Å². The fraction of sp³-hybridized carbons (Fsp3) is 0.529. The largest absolute Gasteiger partial charge is 0.373 e. The second-order valence-electron chi connectivity index (χ2n) is 7.02. The lowest BCUT2D eigenvalue weighted by atomic mass is 10.2. The zero-order valence-electron chi connectivity index (χ0n) is 16.6. The number of anilines is 1. The summed E-state index contributed by atoms with van der Waals surface area (Å²) in [7, 11) is -3.48. The van der Waals surface area contributed by atoms with Crippen molar-refractivity contribution in [2.75, 3.05) is 30.7 Å². The highest BCUT2D eigenvalue weighted by atomic mass is 32.2. The SMILES string of the molecule is Cc1ccc(-n2cnnn2)cc1NC(=O)NCCS(=O)(=O)N1C[C@@H](C)O[C@H](C)C1. The third-order valence-corrected chi connectivity index (χ3v) is 6.31. The normalized spacial score (nSPS) is 20.4. The molecule has 0 spiro atoms. The summed E-state index contributed by atoms with van der Waals surface area (Å²) >= 11 is 0. The van der Waals surface area contributed by atoms with Gasteiger partial charge in [0.05, 0.1) is 23.6 Å². The first-order chi connectivity index (χ1) is 13.7. The molecule has 2 heterocycles. The number of carbonyl (C=O) groups excluding carboxylic acids is 1. The Balaban J connectivity index is 1.54. The number of nitrogens with zero attached hydrogens (tertiary/aromatic N) is 5. The number of sulfonamides is 1. The number of aryl methyl sites for hydroxylation is 1. The number of benzene rings is 1. The first kappa shape index (κ1) is 21.1. The van der Waals surface area contributed by atoms with E-state index in [1.165, 1.54) is 15.3 Å². The van der Waals surface area contributed by atoms with Gasteiger partial charge in [0.25, 0.3) is 0 Å². The highest BCUT2D eigenvalue weighted by Gasteiger charge is 2.30. The van der Waals surface area contributed by atoms with Gasteiger partial charge in [0.1, 0.15) is 6.33 Å². The molecule has 1 saturated heterocycles. The number of nitrogens with one attached hydrogen (secondary N) is 2. The van der Waals surface area contributed by atoms with Gasteiger partial charge in [0.2, 0.25) is 10.0 Å². The fourth-order valence-electron chi connectivity index (χ4n) is 3.11. The van der Waals surface area contributed by atoms with Crippen LogP contribution in [-0.4, -0.2) is 76.6 Å². The van der Waals surface area contributed by atoms with E-state index in [1.807, 2.05) is 32.9 Å². The highest BCUT2D eigenvalue weighted by molar-refractivity contribution is 7.89. The lowest BCUT2D eigenvalue weighted by molar-refractivity contribution is -0.0440. The Morgan fingerprint density at radius 1 is 1.28 bits per heavy atom. The first-order valence-corrected chi connectivity index (χ1v) is 10.9. The summed E-state index contributed by atoms with van der Waals surface area (Å²) in [6.45, 7) is 6.18. The quantitative estimate of drug-likeness (QED) is 0.693. The Morgan fingerprint density at radius 2 is 2.00 bits per heavy atom. The predicted molar refractivity (Wildman–Crippen MR) is 106 cm³/mol. The zero-order valence-corrected chi connectivity index (χ0v) is 17.4. The van der Waals surface area contributed by atoms with Crippen molar-refractivity contribution in [3.8, 4) is 5.69 Å². The minimum atomic E-state index is -3.48. The third-order valence-electron chi connectivity index (χ3n) is 4.51. The summed E-state index contributed by atoms with van der Waals surface area (Å²) in [5.74, 6) is -0.177. The molecule has 12 heteroatoms. The average Bonchev–Trinajstić information content (AvgIpc) is 3.17. The van der Waals surface area contributed by atoms with E-state index in [-0.39, 0.29) is 24.5 Å². The van der Waals surface area contributed by atoms with E-state index in [2.05, 4.69) is 26.2 Å². The molecule has 1 aliphatic rings. The Labute approximate surface area is 169 Å². The number of hydrogen-bond donors (Lipinski definition) is 2. The molecule has 29 heavy (non-hydrogen) atoms. The van der Waals surface area contributed by atoms with Gasteiger partial charge < -0.3 is 15.4 Å². The molecule has 11 nitrogen and oxygen atoms in total. The fourth-order valence-corrected chi connectivity index (χ4v) is 4.61. The molecular weight excluding hydrogens is 398 g/mol. The van der Waals surface area contributed by atoms with E-state index in [4.69, 9.17) is 4.74 Å². The molecular formula is C17H25N7O4S. The van der Waals surface area contributed by atoms with Crippen molar-refractivity contribution >= 4 is 21.7 Å². The number of amides is 2. The predicted octanol–water partition coefficient (Wildman–Crippen LogP) is 0.531. The molecule has 0 saturated carbocycles. The third kappa shape index (κ3) is 5.49. The molecule has 2 atom stereocenters. The van der Waals surface area contributed by atoms with Crippen LogP contribution in [0.1, 0.15) is 19.4 Å². The minimum Gasteiger partial charge on any atom is -0.373 e. The molecule has 0 radical (unpaired) electrons. The van der Waals surface area contributed by atoms with Gasteiger partial charge in [0, 0.05) is 25.3 Å². The number of rotatable bonds is 6. The first-order valence-electron chi connectivity index (χ1n) is 9.27. The van der Waals surface area contributed by atoms with E-state index >= 15 is 0 Å². The van der Waals surface area contributed by atoms with Crippen molar-refractivity contribution in [1.29, 1.82) is 0 Å². The van der Waals surface area contributed by atoms with Gasteiger partial charge in [-0.3, -0.25) is 0 Å². The van der Waals surface area contributed by atoms with Crippen LogP contribution in [0.5, 0.6) is 0 Å². The number of morpholine rings is 1. The number of tetrazole rings is 1. The monoisotopic (exact) mass is 423 g/mol. The second-order valence-corrected chi connectivity index (χ2v) is 9.11.